The fourth-order valence-electron chi connectivity index (χ4n) is 0.843. The predicted molar refractivity (Wildman–Crippen MR) is 66.8 cm³/mol. The Morgan fingerprint density at radius 1 is 1.40 bits per heavy atom. The van der Waals surface area contributed by atoms with Crippen molar-refractivity contribution in [3.05, 3.63) is 27.7 Å². The third-order valence-corrected chi connectivity index (χ3v) is 4.36. The van der Waals surface area contributed by atoms with Gasteiger partial charge in [-0.25, -0.2) is 8.42 Å². The molecule has 0 bridgehead atoms. The quantitative estimate of drug-likeness (QED) is 0.931. The SMILES string of the molecule is CC(C)S(=O)(=O)Nc1ccc(Br)cc1Cl. The van der Waals surface area contributed by atoms with Crippen LogP contribution in [0.5, 0.6) is 0 Å². The maximum atomic E-state index is 11.6. The van der Waals surface area contributed by atoms with Gasteiger partial charge in [-0.2, -0.15) is 0 Å². The molecule has 0 saturated carbocycles. The molecule has 1 aromatic rings. The number of rotatable bonds is 3. The summed E-state index contributed by atoms with van der Waals surface area (Å²) in [6.07, 6.45) is 0. The molecule has 1 aromatic carbocycles. The summed E-state index contributed by atoms with van der Waals surface area (Å²) in [7, 11) is -3.34. The molecule has 0 aromatic heterocycles. The Morgan fingerprint density at radius 3 is 2.47 bits per heavy atom. The molecule has 0 spiro atoms. The maximum Gasteiger partial charge on any atom is 0.235 e. The summed E-state index contributed by atoms with van der Waals surface area (Å²) in [5.41, 5.74) is 0.397. The summed E-state index contributed by atoms with van der Waals surface area (Å²) in [6.45, 7) is 3.21. The lowest BCUT2D eigenvalue weighted by atomic mass is 10.3. The van der Waals surface area contributed by atoms with E-state index in [2.05, 4.69) is 20.7 Å². The molecular weight excluding hydrogens is 302 g/mol. The molecule has 0 unspecified atom stereocenters. The number of halogens is 2. The van der Waals surface area contributed by atoms with Crippen LogP contribution in [0.4, 0.5) is 5.69 Å². The van der Waals surface area contributed by atoms with Gasteiger partial charge in [-0.3, -0.25) is 4.72 Å². The number of nitrogens with one attached hydrogen (secondary N) is 1. The summed E-state index contributed by atoms with van der Waals surface area (Å²) >= 11 is 9.13. The van der Waals surface area contributed by atoms with Gasteiger partial charge in [-0.15, -0.1) is 0 Å². The lowest BCUT2D eigenvalue weighted by molar-refractivity contribution is 0.593. The Morgan fingerprint density at radius 2 is 2.00 bits per heavy atom. The van der Waals surface area contributed by atoms with Gasteiger partial charge in [0.1, 0.15) is 0 Å². The number of benzene rings is 1. The minimum atomic E-state index is -3.34. The first kappa shape index (κ1) is 12.8. The first-order chi connectivity index (χ1) is 6.83. The van der Waals surface area contributed by atoms with Gasteiger partial charge < -0.3 is 0 Å². The van der Waals surface area contributed by atoms with Gasteiger partial charge in [0.2, 0.25) is 10.0 Å². The van der Waals surface area contributed by atoms with Crippen molar-refractivity contribution in [2.45, 2.75) is 19.1 Å². The summed E-state index contributed by atoms with van der Waals surface area (Å²) in [4.78, 5) is 0. The van der Waals surface area contributed by atoms with Crippen molar-refractivity contribution in [1.82, 2.24) is 0 Å². The average molecular weight is 313 g/mol. The fourth-order valence-corrected chi connectivity index (χ4v) is 2.34. The van der Waals surface area contributed by atoms with Crippen LogP contribution in [0.3, 0.4) is 0 Å². The second-order valence-electron chi connectivity index (χ2n) is 3.32. The smallest absolute Gasteiger partial charge is 0.235 e. The molecule has 0 aliphatic carbocycles. The first-order valence-corrected chi connectivity index (χ1v) is 7.01. The molecule has 0 saturated heterocycles. The van der Waals surface area contributed by atoms with Gasteiger partial charge in [-0.1, -0.05) is 27.5 Å². The molecular formula is C9H11BrClNO2S. The van der Waals surface area contributed by atoms with E-state index in [1.54, 1.807) is 32.0 Å². The number of sulfonamides is 1. The molecule has 1 rings (SSSR count). The molecule has 15 heavy (non-hydrogen) atoms. The summed E-state index contributed by atoms with van der Waals surface area (Å²) in [6, 6.07) is 4.98. The molecule has 0 atom stereocenters. The van der Waals surface area contributed by atoms with Gasteiger partial charge in [-0.05, 0) is 32.0 Å². The molecule has 0 aliphatic heterocycles. The van der Waals surface area contributed by atoms with Gasteiger partial charge >= 0.3 is 0 Å². The standard InChI is InChI=1S/C9H11BrClNO2S/c1-6(2)15(13,14)12-9-4-3-7(10)5-8(9)11/h3-6,12H,1-2H3. The van der Waals surface area contributed by atoms with Gasteiger partial charge in [0.05, 0.1) is 16.0 Å². The number of hydrogen-bond acceptors (Lipinski definition) is 2. The highest BCUT2D eigenvalue weighted by Crippen LogP contribution is 2.26. The second-order valence-corrected chi connectivity index (χ2v) is 6.88. The Balaban J connectivity index is 3.01. The zero-order chi connectivity index (χ0) is 11.6. The highest BCUT2D eigenvalue weighted by molar-refractivity contribution is 9.10. The van der Waals surface area contributed by atoms with Crippen molar-refractivity contribution >= 4 is 43.2 Å². The number of hydrogen-bond donors (Lipinski definition) is 1. The van der Waals surface area contributed by atoms with Crippen LogP contribution in [0.15, 0.2) is 22.7 Å². The van der Waals surface area contributed by atoms with Crippen LogP contribution >= 0.6 is 27.5 Å². The molecule has 6 heteroatoms. The molecule has 0 heterocycles. The van der Waals surface area contributed by atoms with Crippen LogP contribution in [0, 0.1) is 0 Å². The third-order valence-electron chi connectivity index (χ3n) is 1.80. The lowest BCUT2D eigenvalue weighted by Crippen LogP contribution is -2.22. The zero-order valence-electron chi connectivity index (χ0n) is 8.29. The number of anilines is 1. The van der Waals surface area contributed by atoms with Gasteiger partial charge in [0.15, 0.2) is 0 Å². The second kappa shape index (κ2) is 4.72. The van der Waals surface area contributed by atoms with Crippen molar-refractivity contribution in [3.63, 3.8) is 0 Å². The topological polar surface area (TPSA) is 46.2 Å². The molecule has 84 valence electrons. The van der Waals surface area contributed by atoms with E-state index in [1.807, 2.05) is 0 Å². The van der Waals surface area contributed by atoms with E-state index in [0.717, 1.165) is 4.47 Å². The molecule has 3 nitrogen and oxygen atoms in total. The Hall–Kier alpha value is -0.260. The first-order valence-electron chi connectivity index (χ1n) is 4.29. The largest absolute Gasteiger partial charge is 0.282 e. The van der Waals surface area contributed by atoms with E-state index in [4.69, 9.17) is 11.6 Å². The van der Waals surface area contributed by atoms with E-state index >= 15 is 0 Å². The van der Waals surface area contributed by atoms with Gasteiger partial charge in [0, 0.05) is 4.47 Å². The Labute approximate surface area is 103 Å². The molecule has 0 aliphatic rings. The molecule has 1 N–H and O–H groups in total. The van der Waals surface area contributed by atoms with Crippen molar-refractivity contribution in [3.8, 4) is 0 Å². The van der Waals surface area contributed by atoms with Crippen LogP contribution in [-0.4, -0.2) is 13.7 Å². The minimum Gasteiger partial charge on any atom is -0.282 e. The summed E-state index contributed by atoms with van der Waals surface area (Å²) in [5.74, 6) is 0. The molecule has 0 fully saturated rings. The van der Waals surface area contributed by atoms with Crippen LogP contribution in [-0.2, 0) is 10.0 Å². The Bertz CT molecular complexity index is 459. The van der Waals surface area contributed by atoms with Crippen LogP contribution in [0.25, 0.3) is 0 Å². The van der Waals surface area contributed by atoms with E-state index < -0.39 is 15.3 Å². The Kier molecular flexibility index (Phi) is 4.03. The maximum absolute atomic E-state index is 11.6. The van der Waals surface area contributed by atoms with E-state index in [1.165, 1.54) is 0 Å². The monoisotopic (exact) mass is 311 g/mol. The predicted octanol–water partition coefficient (Wildman–Crippen LogP) is 3.25. The van der Waals surface area contributed by atoms with Crippen molar-refractivity contribution in [1.29, 1.82) is 0 Å². The highest BCUT2D eigenvalue weighted by Gasteiger charge is 2.16. The van der Waals surface area contributed by atoms with Crippen molar-refractivity contribution in [2.24, 2.45) is 0 Å². The molecule has 0 amide bonds. The van der Waals surface area contributed by atoms with E-state index in [9.17, 15) is 8.42 Å². The summed E-state index contributed by atoms with van der Waals surface area (Å²) in [5, 5.41) is -0.120. The van der Waals surface area contributed by atoms with E-state index in [-0.39, 0.29) is 0 Å². The van der Waals surface area contributed by atoms with Crippen LogP contribution < -0.4 is 4.72 Å². The van der Waals surface area contributed by atoms with Crippen LogP contribution in [0.2, 0.25) is 5.02 Å². The summed E-state index contributed by atoms with van der Waals surface area (Å²) < 4.78 is 26.3. The fraction of sp³-hybridized carbons (Fsp3) is 0.333. The lowest BCUT2D eigenvalue weighted by Gasteiger charge is -2.11. The highest BCUT2D eigenvalue weighted by atomic mass is 79.9. The van der Waals surface area contributed by atoms with Crippen molar-refractivity contribution in [2.75, 3.05) is 4.72 Å². The van der Waals surface area contributed by atoms with Gasteiger partial charge in [0.25, 0.3) is 0 Å². The average Bonchev–Trinajstić information content (AvgIpc) is 2.09. The zero-order valence-corrected chi connectivity index (χ0v) is 11.4. The van der Waals surface area contributed by atoms with Crippen LogP contribution in [0.1, 0.15) is 13.8 Å². The van der Waals surface area contributed by atoms with Crippen molar-refractivity contribution < 1.29 is 8.42 Å². The minimum absolute atomic E-state index is 0.369. The normalized spacial score (nSPS) is 11.8. The third kappa shape index (κ3) is 3.36. The molecule has 0 radical (unpaired) electrons. The van der Waals surface area contributed by atoms with E-state index in [0.29, 0.717) is 10.7 Å².